The minimum absolute atomic E-state index is 0.121. The minimum atomic E-state index is -0.671. The average molecular weight is 381 g/mol. The summed E-state index contributed by atoms with van der Waals surface area (Å²) < 4.78 is 5.35. The van der Waals surface area contributed by atoms with Crippen LogP contribution < -0.4 is 0 Å². The van der Waals surface area contributed by atoms with Gasteiger partial charge in [-0.2, -0.15) is 0 Å². The van der Waals surface area contributed by atoms with Crippen LogP contribution in [-0.4, -0.2) is 46.7 Å². The quantitative estimate of drug-likeness (QED) is 0.516. The molecule has 27 heavy (non-hydrogen) atoms. The van der Waals surface area contributed by atoms with Gasteiger partial charge >= 0.3 is 5.97 Å². The van der Waals surface area contributed by atoms with Crippen LogP contribution in [0.2, 0.25) is 0 Å². The van der Waals surface area contributed by atoms with Crippen LogP contribution in [0.25, 0.3) is 0 Å². The van der Waals surface area contributed by atoms with Crippen molar-refractivity contribution in [1.29, 1.82) is 0 Å². The third-order valence-corrected chi connectivity index (χ3v) is 8.35. The van der Waals surface area contributed by atoms with Gasteiger partial charge in [0.15, 0.2) is 0 Å². The van der Waals surface area contributed by atoms with E-state index >= 15 is 0 Å². The maximum Gasteiger partial charge on any atom is 0.302 e. The topological polar surface area (TPSA) is 87.0 Å². The fourth-order valence-electron chi connectivity index (χ4n) is 6.14. The number of carbonyl (C=O) groups is 1. The van der Waals surface area contributed by atoms with Gasteiger partial charge in [0, 0.05) is 12.3 Å². The van der Waals surface area contributed by atoms with Crippen LogP contribution in [0.5, 0.6) is 0 Å². The van der Waals surface area contributed by atoms with Gasteiger partial charge < -0.3 is 20.1 Å². The summed E-state index contributed by atoms with van der Waals surface area (Å²) in [5.41, 5.74) is 0.622. The molecule has 7 unspecified atom stereocenters. The number of rotatable bonds is 4. The van der Waals surface area contributed by atoms with Crippen LogP contribution in [0.1, 0.15) is 66.2 Å². The number of carbonyl (C=O) groups excluding carboxylic acids is 1. The number of allylic oxidation sites excluding steroid dienone is 1. The van der Waals surface area contributed by atoms with Crippen molar-refractivity contribution in [3.05, 3.63) is 11.6 Å². The highest BCUT2D eigenvalue weighted by Crippen LogP contribution is 2.63. The van der Waals surface area contributed by atoms with Crippen LogP contribution in [0, 0.1) is 28.1 Å². The van der Waals surface area contributed by atoms with Crippen molar-refractivity contribution >= 4 is 5.97 Å². The molecule has 0 aromatic rings. The van der Waals surface area contributed by atoms with Crippen LogP contribution in [0.15, 0.2) is 11.6 Å². The lowest BCUT2D eigenvalue weighted by Crippen LogP contribution is -2.55. The number of fused-ring (bicyclic) bond motifs is 3. The van der Waals surface area contributed by atoms with Crippen molar-refractivity contribution in [2.24, 2.45) is 28.1 Å². The highest BCUT2D eigenvalue weighted by molar-refractivity contribution is 5.66. The molecule has 0 radical (unpaired) electrons. The van der Waals surface area contributed by atoms with E-state index in [-0.39, 0.29) is 30.0 Å². The molecule has 0 saturated heterocycles. The van der Waals surface area contributed by atoms with Crippen molar-refractivity contribution < 1.29 is 24.9 Å². The molecule has 154 valence electrons. The summed E-state index contributed by atoms with van der Waals surface area (Å²) in [7, 11) is 0. The molecule has 3 rings (SSSR count). The first-order valence-electron chi connectivity index (χ1n) is 10.4. The Morgan fingerprint density at radius 2 is 2.00 bits per heavy atom. The number of ether oxygens (including phenoxy) is 1. The van der Waals surface area contributed by atoms with E-state index in [1.807, 2.05) is 6.92 Å². The van der Waals surface area contributed by atoms with Gasteiger partial charge in [-0.25, -0.2) is 0 Å². The molecular weight excluding hydrogens is 344 g/mol. The second-order valence-electron chi connectivity index (χ2n) is 10.00. The van der Waals surface area contributed by atoms with Gasteiger partial charge in [0.1, 0.15) is 6.61 Å². The Kier molecular flexibility index (Phi) is 5.52. The molecule has 0 amide bonds. The lowest BCUT2D eigenvalue weighted by molar-refractivity contribution is -0.148. The monoisotopic (exact) mass is 380 g/mol. The van der Waals surface area contributed by atoms with Crippen molar-refractivity contribution in [1.82, 2.24) is 0 Å². The van der Waals surface area contributed by atoms with Crippen LogP contribution in [-0.2, 0) is 9.53 Å². The van der Waals surface area contributed by atoms with Gasteiger partial charge in [-0.05, 0) is 61.2 Å². The van der Waals surface area contributed by atoms with E-state index in [0.717, 1.165) is 38.5 Å². The first kappa shape index (κ1) is 20.8. The van der Waals surface area contributed by atoms with Crippen LogP contribution in [0.3, 0.4) is 0 Å². The van der Waals surface area contributed by atoms with Gasteiger partial charge in [0.05, 0.1) is 18.8 Å². The van der Waals surface area contributed by atoms with Gasteiger partial charge in [0.2, 0.25) is 0 Å². The van der Waals surface area contributed by atoms with E-state index in [4.69, 9.17) is 4.74 Å². The van der Waals surface area contributed by atoms with E-state index in [1.54, 1.807) is 0 Å². The highest BCUT2D eigenvalue weighted by Gasteiger charge is 2.57. The summed E-state index contributed by atoms with van der Waals surface area (Å²) in [5.74, 6) is 0.521. The van der Waals surface area contributed by atoms with Crippen molar-refractivity contribution in [3.8, 4) is 0 Å². The molecule has 3 aliphatic rings. The number of hydrogen-bond acceptors (Lipinski definition) is 5. The molecule has 2 fully saturated rings. The standard InChI is InChI=1S/C22H36O5/c1-14(24)27-13-22(4)17-6-5-15-11-20(2,19(26)12-23)9-10-21(15,3)16(17)7-8-18(22)25/h6,15-16,18-19,23,25-26H,5,7-13H2,1-4H3. The smallest absolute Gasteiger partial charge is 0.302 e. The summed E-state index contributed by atoms with van der Waals surface area (Å²) in [5, 5.41) is 30.6. The van der Waals surface area contributed by atoms with Gasteiger partial charge in [-0.3, -0.25) is 4.79 Å². The number of esters is 1. The summed E-state index contributed by atoms with van der Waals surface area (Å²) in [6.07, 6.45) is 6.52. The predicted molar refractivity (Wildman–Crippen MR) is 103 cm³/mol. The molecule has 2 saturated carbocycles. The Morgan fingerprint density at radius 1 is 1.30 bits per heavy atom. The lowest BCUT2D eigenvalue weighted by Gasteiger charge is -2.60. The second-order valence-corrected chi connectivity index (χ2v) is 10.00. The average Bonchev–Trinajstić information content (AvgIpc) is 2.63. The lowest BCUT2D eigenvalue weighted by atomic mass is 9.46. The molecule has 5 heteroatoms. The normalized spacial score (nSPS) is 45.3. The Morgan fingerprint density at radius 3 is 2.63 bits per heavy atom. The Hall–Kier alpha value is -0.910. The summed E-state index contributed by atoms with van der Waals surface area (Å²) >= 11 is 0. The Labute approximate surface area is 162 Å². The van der Waals surface area contributed by atoms with Crippen molar-refractivity contribution in [3.63, 3.8) is 0 Å². The van der Waals surface area contributed by atoms with E-state index in [2.05, 4.69) is 19.9 Å². The van der Waals surface area contributed by atoms with E-state index in [0.29, 0.717) is 11.8 Å². The van der Waals surface area contributed by atoms with E-state index < -0.39 is 17.6 Å². The molecular formula is C22H36O5. The summed E-state index contributed by atoms with van der Waals surface area (Å²) in [4.78, 5) is 11.4. The molecule has 0 aromatic carbocycles. The zero-order chi connectivity index (χ0) is 20.0. The van der Waals surface area contributed by atoms with Gasteiger partial charge in [0.25, 0.3) is 0 Å². The number of aliphatic hydroxyl groups is 3. The first-order valence-corrected chi connectivity index (χ1v) is 10.4. The van der Waals surface area contributed by atoms with Crippen molar-refractivity contribution in [2.75, 3.05) is 13.2 Å². The fraction of sp³-hybridized carbons (Fsp3) is 0.864. The van der Waals surface area contributed by atoms with Gasteiger partial charge in [-0.1, -0.05) is 32.4 Å². The Balaban J connectivity index is 1.89. The molecule has 0 aliphatic heterocycles. The van der Waals surface area contributed by atoms with Crippen molar-refractivity contribution in [2.45, 2.75) is 78.4 Å². The molecule has 0 bridgehead atoms. The maximum absolute atomic E-state index is 11.4. The maximum atomic E-state index is 11.4. The van der Waals surface area contributed by atoms with E-state index in [1.165, 1.54) is 12.5 Å². The molecule has 0 heterocycles. The SMILES string of the molecule is CC(=O)OCC1(C)C2=CCC3CC(C)(C(O)CO)CCC3(C)C2CCC1O. The second kappa shape index (κ2) is 7.16. The highest BCUT2D eigenvalue weighted by atomic mass is 16.5. The third kappa shape index (κ3) is 3.36. The summed E-state index contributed by atoms with van der Waals surface area (Å²) in [6.45, 7) is 7.96. The fourth-order valence-corrected chi connectivity index (χ4v) is 6.14. The molecule has 3 aliphatic carbocycles. The largest absolute Gasteiger partial charge is 0.465 e. The molecule has 5 nitrogen and oxygen atoms in total. The Bertz CT molecular complexity index is 616. The zero-order valence-electron chi connectivity index (χ0n) is 17.2. The number of aliphatic hydroxyl groups excluding tert-OH is 3. The van der Waals surface area contributed by atoms with Crippen LogP contribution >= 0.6 is 0 Å². The molecule has 0 spiro atoms. The number of hydrogen-bond donors (Lipinski definition) is 3. The van der Waals surface area contributed by atoms with E-state index in [9.17, 15) is 20.1 Å². The molecule has 0 aromatic heterocycles. The minimum Gasteiger partial charge on any atom is -0.465 e. The molecule has 3 N–H and O–H groups in total. The molecule has 7 atom stereocenters. The predicted octanol–water partition coefficient (Wildman–Crippen LogP) is 2.82. The van der Waals surface area contributed by atoms with Crippen LogP contribution in [0.4, 0.5) is 0 Å². The van der Waals surface area contributed by atoms with Gasteiger partial charge in [-0.15, -0.1) is 0 Å². The zero-order valence-corrected chi connectivity index (χ0v) is 17.2. The first-order chi connectivity index (χ1) is 12.6. The summed E-state index contributed by atoms with van der Waals surface area (Å²) in [6, 6.07) is 0. The third-order valence-electron chi connectivity index (χ3n) is 8.35.